The van der Waals surface area contributed by atoms with E-state index in [0.29, 0.717) is 23.9 Å². The molecule has 0 rings (SSSR count). The molecule has 0 saturated heterocycles. The predicted molar refractivity (Wildman–Crippen MR) is 242 cm³/mol. The molecule has 0 aliphatic heterocycles. The van der Waals surface area contributed by atoms with Gasteiger partial charge in [-0.05, 0) is 64.2 Å². The highest BCUT2D eigenvalue weighted by atomic mass is 31.2. The normalized spacial score (nSPS) is 14.0. The monoisotopic (exact) mass is 835 g/mol. The molecule has 0 heterocycles. The van der Waals surface area contributed by atoms with Gasteiger partial charge < -0.3 is 18.9 Å². The lowest BCUT2D eigenvalue weighted by Gasteiger charge is -2.24. The summed E-state index contributed by atoms with van der Waals surface area (Å²) >= 11 is 0. The van der Waals surface area contributed by atoms with E-state index < -0.39 is 32.5 Å². The van der Waals surface area contributed by atoms with E-state index in [1.807, 2.05) is 39.4 Å². The fourth-order valence-electron chi connectivity index (χ4n) is 5.80. The van der Waals surface area contributed by atoms with Crippen LogP contribution in [0.1, 0.15) is 167 Å². The summed E-state index contributed by atoms with van der Waals surface area (Å²) in [4.78, 5) is 35.4. The summed E-state index contributed by atoms with van der Waals surface area (Å²) in [7, 11) is 1.43. The Morgan fingerprint density at radius 2 is 1.05 bits per heavy atom. The minimum Gasteiger partial charge on any atom is -0.462 e. The van der Waals surface area contributed by atoms with Crippen molar-refractivity contribution in [2.24, 2.45) is 0 Å². The third-order valence-electron chi connectivity index (χ3n) is 9.37. The maximum Gasteiger partial charge on any atom is 0.472 e. The summed E-state index contributed by atoms with van der Waals surface area (Å²) in [5.41, 5.74) is 0. The first-order chi connectivity index (χ1) is 28.0. The Hall–Kier alpha value is -2.55. The smallest absolute Gasteiger partial charge is 0.462 e. The fourth-order valence-corrected chi connectivity index (χ4v) is 6.54. The first-order valence-electron chi connectivity index (χ1n) is 22.6. The number of hydrogen-bond donors (Lipinski definition) is 1. The molecule has 0 aromatic heterocycles. The van der Waals surface area contributed by atoms with Gasteiger partial charge in [0.25, 0.3) is 0 Å². The van der Waals surface area contributed by atoms with Crippen LogP contribution in [-0.4, -0.2) is 74.9 Å². The second-order valence-corrected chi connectivity index (χ2v) is 17.6. The molecule has 2 atom stereocenters. The van der Waals surface area contributed by atoms with Gasteiger partial charge in [0.15, 0.2) is 6.10 Å². The molecule has 0 spiro atoms. The molecule has 1 unspecified atom stereocenters. The largest absolute Gasteiger partial charge is 0.472 e. The first kappa shape index (κ1) is 55.5. The molecule has 10 heteroatoms. The van der Waals surface area contributed by atoms with Gasteiger partial charge >= 0.3 is 19.8 Å². The Labute approximate surface area is 355 Å². The van der Waals surface area contributed by atoms with Gasteiger partial charge in [0.05, 0.1) is 27.7 Å². The van der Waals surface area contributed by atoms with Crippen LogP contribution in [0.4, 0.5) is 0 Å². The highest BCUT2D eigenvalue weighted by Gasteiger charge is 2.27. The third-order valence-corrected chi connectivity index (χ3v) is 10.4. The number of carbonyl (C=O) groups is 2. The summed E-state index contributed by atoms with van der Waals surface area (Å²) < 4.78 is 34.2. The number of phosphoric acid groups is 1. The van der Waals surface area contributed by atoms with Gasteiger partial charge in [0.2, 0.25) is 0 Å². The number of ether oxygens (including phenoxy) is 2. The number of nitrogens with zero attached hydrogens (tertiary/aromatic N) is 1. The number of unbranched alkanes of at least 4 members (excludes halogenated alkanes) is 16. The summed E-state index contributed by atoms with van der Waals surface area (Å²) in [6, 6.07) is 0. The second kappa shape index (κ2) is 39.9. The second-order valence-electron chi connectivity index (χ2n) is 16.2. The van der Waals surface area contributed by atoms with Crippen molar-refractivity contribution in [3.63, 3.8) is 0 Å². The van der Waals surface area contributed by atoms with Crippen LogP contribution in [0, 0.1) is 0 Å². The van der Waals surface area contributed by atoms with Crippen molar-refractivity contribution in [3.8, 4) is 0 Å². The molecule has 0 aliphatic rings. The minimum absolute atomic E-state index is 0.0172. The van der Waals surface area contributed by atoms with Crippen molar-refractivity contribution < 1.29 is 42.1 Å². The number of allylic oxidation sites excluding steroid dienone is 11. The molecule has 0 aromatic rings. The SMILES string of the molecule is C=CCCCCCCCCCCCCCCCC(=O)O[C@H](COC(=O)CC/C=C/C/C=C/C/C=C/C/C=C/C/C=C/CCCCC)COP(=O)(O)OCC[N+](C)(C)C. The standard InChI is InChI=1S/C48H84NO8P/c1-6-8-10-12-14-16-18-20-22-23-24-25-27-28-30-32-34-36-38-40-47(50)54-44-46(45-56-58(52,53)55-43-42-49(3,4)5)57-48(51)41-39-37-35-33-31-29-26-21-19-17-15-13-11-9-7-2/h7,14,16,20,22,24-25,28,30,34,36,46H,2,6,8-13,15,17-19,21,23,26-27,29,31-33,35,37-45H2,1,3-5H3/p+1/b16-14+,22-20+,25-24+,30-28+,36-34+/t46-/m1/s1. The van der Waals surface area contributed by atoms with Crippen LogP contribution in [0.25, 0.3) is 0 Å². The maximum atomic E-state index is 12.7. The Balaban J connectivity index is 4.45. The zero-order valence-electron chi connectivity index (χ0n) is 37.3. The molecule has 0 aromatic carbocycles. The van der Waals surface area contributed by atoms with Crippen molar-refractivity contribution in [3.05, 3.63) is 73.4 Å². The van der Waals surface area contributed by atoms with Gasteiger partial charge in [0, 0.05) is 12.8 Å². The van der Waals surface area contributed by atoms with E-state index in [9.17, 15) is 19.0 Å². The molecule has 9 nitrogen and oxygen atoms in total. The fraction of sp³-hybridized carbons (Fsp3) is 0.708. The van der Waals surface area contributed by atoms with Crippen molar-refractivity contribution in [1.29, 1.82) is 0 Å². The van der Waals surface area contributed by atoms with Crippen LogP contribution in [0.15, 0.2) is 73.4 Å². The van der Waals surface area contributed by atoms with Crippen molar-refractivity contribution in [2.45, 2.75) is 174 Å². The maximum absolute atomic E-state index is 12.7. The van der Waals surface area contributed by atoms with Gasteiger partial charge in [-0.1, -0.05) is 157 Å². The molecule has 0 fully saturated rings. The van der Waals surface area contributed by atoms with E-state index in [2.05, 4.69) is 62.1 Å². The third kappa shape index (κ3) is 43.0. The summed E-state index contributed by atoms with van der Waals surface area (Å²) in [5, 5.41) is 0. The zero-order chi connectivity index (χ0) is 42.8. The van der Waals surface area contributed by atoms with Crippen LogP contribution in [0.3, 0.4) is 0 Å². The van der Waals surface area contributed by atoms with Crippen molar-refractivity contribution >= 4 is 19.8 Å². The summed E-state index contributed by atoms with van der Waals surface area (Å²) in [6.07, 6.45) is 48.5. The van der Waals surface area contributed by atoms with Crippen LogP contribution in [-0.2, 0) is 32.7 Å². The molecule has 58 heavy (non-hydrogen) atoms. The molecule has 0 saturated carbocycles. The molecule has 0 amide bonds. The van der Waals surface area contributed by atoms with Crippen LogP contribution in [0.2, 0.25) is 0 Å². The molecule has 0 radical (unpaired) electrons. The first-order valence-corrected chi connectivity index (χ1v) is 24.1. The molecule has 0 aliphatic carbocycles. The lowest BCUT2D eigenvalue weighted by Crippen LogP contribution is -2.37. The summed E-state index contributed by atoms with van der Waals surface area (Å²) in [6.45, 7) is 5.82. The predicted octanol–water partition coefficient (Wildman–Crippen LogP) is 13.0. The highest BCUT2D eigenvalue weighted by Crippen LogP contribution is 2.43. The van der Waals surface area contributed by atoms with Crippen LogP contribution >= 0.6 is 7.82 Å². The van der Waals surface area contributed by atoms with Crippen molar-refractivity contribution in [1.82, 2.24) is 0 Å². The lowest BCUT2D eigenvalue weighted by molar-refractivity contribution is -0.870. The van der Waals surface area contributed by atoms with E-state index in [-0.39, 0.29) is 26.1 Å². The average molecular weight is 835 g/mol. The molecule has 1 N–H and O–H groups in total. The van der Waals surface area contributed by atoms with E-state index in [0.717, 1.165) is 51.4 Å². The van der Waals surface area contributed by atoms with Gasteiger partial charge in [-0.25, -0.2) is 4.57 Å². The number of quaternary nitrogens is 1. The van der Waals surface area contributed by atoms with Crippen LogP contribution in [0.5, 0.6) is 0 Å². The molecule has 0 bridgehead atoms. The number of phosphoric ester groups is 1. The van der Waals surface area contributed by atoms with Crippen molar-refractivity contribution in [2.75, 3.05) is 47.5 Å². The average Bonchev–Trinajstić information content (AvgIpc) is 3.17. The van der Waals surface area contributed by atoms with Gasteiger partial charge in [-0.3, -0.25) is 18.6 Å². The minimum atomic E-state index is -4.39. The highest BCUT2D eigenvalue weighted by molar-refractivity contribution is 7.47. The number of hydrogen-bond acceptors (Lipinski definition) is 7. The summed E-state index contributed by atoms with van der Waals surface area (Å²) in [5.74, 6) is -0.901. The van der Waals surface area contributed by atoms with E-state index in [1.165, 1.54) is 83.5 Å². The number of carbonyl (C=O) groups excluding carboxylic acids is 2. The Bertz CT molecular complexity index is 1200. The molecular weight excluding hydrogens is 750 g/mol. The Morgan fingerprint density at radius 3 is 1.55 bits per heavy atom. The topological polar surface area (TPSA) is 108 Å². The number of esters is 2. The quantitative estimate of drug-likeness (QED) is 0.0213. The Morgan fingerprint density at radius 1 is 0.586 bits per heavy atom. The van der Waals surface area contributed by atoms with E-state index >= 15 is 0 Å². The van der Waals surface area contributed by atoms with Gasteiger partial charge in [-0.15, -0.1) is 6.58 Å². The Kier molecular flexibility index (Phi) is 38.1. The lowest BCUT2D eigenvalue weighted by atomic mass is 10.0. The van der Waals surface area contributed by atoms with Gasteiger partial charge in [-0.2, -0.15) is 0 Å². The van der Waals surface area contributed by atoms with Gasteiger partial charge in [0.1, 0.15) is 19.8 Å². The zero-order valence-corrected chi connectivity index (χ0v) is 38.2. The number of likely N-dealkylation sites (N-methyl/N-ethyl adjacent to an activating group) is 1. The molecule has 334 valence electrons. The van der Waals surface area contributed by atoms with E-state index in [1.54, 1.807) is 0 Å². The number of rotatable bonds is 41. The molecular formula is C48H85NO8P+. The van der Waals surface area contributed by atoms with E-state index in [4.69, 9.17) is 18.5 Å². The van der Waals surface area contributed by atoms with Crippen LogP contribution < -0.4 is 0 Å².